The SMILES string of the molecule is CCN(C(=O)[C@H]1C[C@H]1C)c1ccc(S(=O)(=O)C(F)(F)F)cc1. The van der Waals surface area contributed by atoms with E-state index >= 15 is 0 Å². The number of hydrogen-bond donors (Lipinski definition) is 0. The average Bonchev–Trinajstić information content (AvgIpc) is 3.16. The Kier molecular flexibility index (Phi) is 4.25. The first kappa shape index (κ1) is 16.8. The second-order valence-corrected chi connectivity index (χ2v) is 7.29. The fourth-order valence-electron chi connectivity index (χ4n) is 2.27. The van der Waals surface area contributed by atoms with Gasteiger partial charge in [0.25, 0.3) is 9.84 Å². The summed E-state index contributed by atoms with van der Waals surface area (Å²) in [6.45, 7) is 4.08. The molecule has 22 heavy (non-hydrogen) atoms. The van der Waals surface area contributed by atoms with E-state index in [1.165, 1.54) is 17.0 Å². The topological polar surface area (TPSA) is 54.5 Å². The van der Waals surface area contributed by atoms with Gasteiger partial charge in [-0.2, -0.15) is 13.2 Å². The molecule has 0 bridgehead atoms. The maximum Gasteiger partial charge on any atom is 0.501 e. The third-order valence-corrected chi connectivity index (χ3v) is 5.27. The van der Waals surface area contributed by atoms with Crippen LogP contribution in [0, 0.1) is 11.8 Å². The van der Waals surface area contributed by atoms with Crippen LogP contribution in [0.5, 0.6) is 0 Å². The van der Waals surface area contributed by atoms with Gasteiger partial charge >= 0.3 is 5.51 Å². The van der Waals surface area contributed by atoms with Crippen LogP contribution in [0.1, 0.15) is 20.3 Å². The number of alkyl halides is 3. The Labute approximate surface area is 126 Å². The van der Waals surface area contributed by atoms with Gasteiger partial charge in [-0.05, 0) is 43.5 Å². The third kappa shape index (κ3) is 2.97. The van der Waals surface area contributed by atoms with E-state index in [9.17, 15) is 26.4 Å². The van der Waals surface area contributed by atoms with Gasteiger partial charge in [-0.1, -0.05) is 6.92 Å². The van der Waals surface area contributed by atoms with Crippen molar-refractivity contribution in [1.29, 1.82) is 0 Å². The minimum absolute atomic E-state index is 0.0569. The molecule has 1 fully saturated rings. The molecule has 0 spiro atoms. The lowest BCUT2D eigenvalue weighted by atomic mass is 10.2. The highest BCUT2D eigenvalue weighted by atomic mass is 32.2. The Morgan fingerprint density at radius 3 is 2.14 bits per heavy atom. The van der Waals surface area contributed by atoms with Gasteiger partial charge in [0.2, 0.25) is 5.91 Å². The van der Waals surface area contributed by atoms with Crippen LogP contribution >= 0.6 is 0 Å². The minimum Gasteiger partial charge on any atom is -0.312 e. The first-order chi connectivity index (χ1) is 10.1. The van der Waals surface area contributed by atoms with Crippen molar-refractivity contribution >= 4 is 21.4 Å². The molecule has 2 atom stereocenters. The zero-order valence-corrected chi connectivity index (χ0v) is 12.9. The fraction of sp³-hybridized carbons (Fsp3) is 0.500. The fourth-order valence-corrected chi connectivity index (χ4v) is 3.03. The molecule has 0 saturated heterocycles. The van der Waals surface area contributed by atoms with Crippen LogP contribution in [0.4, 0.5) is 18.9 Å². The summed E-state index contributed by atoms with van der Waals surface area (Å²) in [5.41, 5.74) is -4.94. The van der Waals surface area contributed by atoms with E-state index in [1.54, 1.807) is 6.92 Å². The molecular formula is C14H16F3NO3S. The van der Waals surface area contributed by atoms with Crippen molar-refractivity contribution in [2.75, 3.05) is 11.4 Å². The van der Waals surface area contributed by atoms with Crippen LogP contribution in [-0.4, -0.2) is 26.4 Å². The molecule has 1 saturated carbocycles. The number of benzene rings is 1. The molecule has 1 amide bonds. The average molecular weight is 335 g/mol. The Hall–Kier alpha value is -1.57. The lowest BCUT2D eigenvalue weighted by Crippen LogP contribution is -2.32. The Bertz CT molecular complexity index is 668. The van der Waals surface area contributed by atoms with Crippen molar-refractivity contribution in [2.24, 2.45) is 11.8 Å². The predicted octanol–water partition coefficient (Wildman–Crippen LogP) is 2.99. The summed E-state index contributed by atoms with van der Waals surface area (Å²) in [5.74, 6) is 0.173. The maximum atomic E-state index is 12.5. The molecule has 4 nitrogen and oxygen atoms in total. The van der Waals surface area contributed by atoms with Crippen molar-refractivity contribution in [2.45, 2.75) is 30.7 Å². The maximum absolute atomic E-state index is 12.5. The van der Waals surface area contributed by atoms with Gasteiger partial charge in [0, 0.05) is 18.2 Å². The number of carbonyl (C=O) groups is 1. The van der Waals surface area contributed by atoms with Gasteiger partial charge in [-0.15, -0.1) is 0 Å². The van der Waals surface area contributed by atoms with E-state index in [1.807, 2.05) is 6.92 Å². The van der Waals surface area contributed by atoms with Crippen molar-refractivity contribution < 1.29 is 26.4 Å². The van der Waals surface area contributed by atoms with E-state index in [-0.39, 0.29) is 11.8 Å². The number of rotatable bonds is 4. The largest absolute Gasteiger partial charge is 0.501 e. The monoisotopic (exact) mass is 335 g/mol. The summed E-state index contributed by atoms with van der Waals surface area (Å²) in [4.78, 5) is 12.8. The molecule has 1 aromatic carbocycles. The number of amides is 1. The van der Waals surface area contributed by atoms with Gasteiger partial charge in [0.1, 0.15) is 0 Å². The van der Waals surface area contributed by atoms with Gasteiger partial charge in [-0.25, -0.2) is 8.42 Å². The van der Waals surface area contributed by atoms with Gasteiger partial charge < -0.3 is 4.90 Å². The van der Waals surface area contributed by atoms with Crippen LogP contribution in [0.15, 0.2) is 29.2 Å². The highest BCUT2D eigenvalue weighted by Crippen LogP contribution is 2.40. The second kappa shape index (κ2) is 5.57. The predicted molar refractivity (Wildman–Crippen MR) is 75.0 cm³/mol. The standard InChI is InChI=1S/C14H16F3NO3S/c1-3-18(13(19)12-8-9(12)2)10-4-6-11(7-5-10)22(20,21)14(15,16)17/h4-7,9,12H,3,8H2,1-2H3/t9-,12+/m1/s1. The van der Waals surface area contributed by atoms with E-state index in [4.69, 9.17) is 0 Å². The van der Waals surface area contributed by atoms with Crippen LogP contribution < -0.4 is 4.90 Å². The van der Waals surface area contributed by atoms with Gasteiger partial charge in [0.15, 0.2) is 0 Å². The molecule has 0 unspecified atom stereocenters. The van der Waals surface area contributed by atoms with Crippen molar-refractivity contribution in [1.82, 2.24) is 0 Å². The Balaban J connectivity index is 2.26. The second-order valence-electron chi connectivity index (χ2n) is 5.35. The number of nitrogens with zero attached hydrogens (tertiary/aromatic N) is 1. The Morgan fingerprint density at radius 2 is 1.77 bits per heavy atom. The molecule has 0 radical (unpaired) electrons. The van der Waals surface area contributed by atoms with E-state index in [2.05, 4.69) is 0 Å². The highest BCUT2D eigenvalue weighted by molar-refractivity contribution is 7.92. The third-order valence-electron chi connectivity index (χ3n) is 3.77. The smallest absolute Gasteiger partial charge is 0.312 e. The lowest BCUT2D eigenvalue weighted by Gasteiger charge is -2.21. The van der Waals surface area contributed by atoms with E-state index in [0.717, 1.165) is 18.6 Å². The molecule has 2 rings (SSSR count). The molecule has 122 valence electrons. The van der Waals surface area contributed by atoms with Gasteiger partial charge in [0.05, 0.1) is 4.90 Å². The summed E-state index contributed by atoms with van der Waals surface area (Å²) < 4.78 is 60.0. The molecule has 1 aromatic rings. The highest BCUT2D eigenvalue weighted by Gasteiger charge is 2.47. The lowest BCUT2D eigenvalue weighted by molar-refractivity contribution is -0.120. The van der Waals surface area contributed by atoms with Crippen molar-refractivity contribution in [3.63, 3.8) is 0 Å². The van der Waals surface area contributed by atoms with Gasteiger partial charge in [-0.3, -0.25) is 4.79 Å². The Morgan fingerprint density at radius 1 is 1.27 bits per heavy atom. The van der Waals surface area contributed by atoms with Crippen molar-refractivity contribution in [3.05, 3.63) is 24.3 Å². The summed E-state index contributed by atoms with van der Waals surface area (Å²) in [6, 6.07) is 4.22. The summed E-state index contributed by atoms with van der Waals surface area (Å²) >= 11 is 0. The first-order valence-corrected chi connectivity index (χ1v) is 8.30. The molecule has 0 N–H and O–H groups in total. The molecule has 1 aliphatic rings. The summed E-state index contributed by atoms with van der Waals surface area (Å²) in [6.07, 6.45) is 0.801. The van der Waals surface area contributed by atoms with E-state index < -0.39 is 20.2 Å². The summed E-state index contributed by atoms with van der Waals surface area (Å²) in [7, 11) is -5.36. The normalized spacial score (nSPS) is 21.5. The number of anilines is 1. The van der Waals surface area contributed by atoms with Crippen molar-refractivity contribution in [3.8, 4) is 0 Å². The number of sulfone groups is 1. The zero-order chi connectivity index (χ0) is 16.7. The molecular weight excluding hydrogens is 319 g/mol. The molecule has 0 aromatic heterocycles. The number of carbonyl (C=O) groups excluding carboxylic acids is 1. The van der Waals surface area contributed by atoms with Crippen LogP contribution in [0.25, 0.3) is 0 Å². The molecule has 0 aliphatic heterocycles. The zero-order valence-electron chi connectivity index (χ0n) is 12.1. The number of hydrogen-bond acceptors (Lipinski definition) is 3. The van der Waals surface area contributed by atoms with Crippen LogP contribution in [0.3, 0.4) is 0 Å². The minimum atomic E-state index is -5.36. The number of halogens is 3. The summed E-state index contributed by atoms with van der Waals surface area (Å²) in [5, 5.41) is 0. The quantitative estimate of drug-likeness (QED) is 0.850. The van der Waals surface area contributed by atoms with E-state index in [0.29, 0.717) is 18.2 Å². The van der Waals surface area contributed by atoms with Crippen LogP contribution in [0.2, 0.25) is 0 Å². The molecule has 1 aliphatic carbocycles. The molecule has 8 heteroatoms. The first-order valence-electron chi connectivity index (χ1n) is 6.82. The van der Waals surface area contributed by atoms with Crippen LogP contribution in [-0.2, 0) is 14.6 Å². The molecule has 0 heterocycles.